The first-order valence-corrected chi connectivity index (χ1v) is 19.6. The summed E-state index contributed by atoms with van der Waals surface area (Å²) in [6.07, 6.45) is 15.8. The van der Waals surface area contributed by atoms with Crippen molar-refractivity contribution in [2.24, 2.45) is 9.98 Å². The second-order valence-corrected chi connectivity index (χ2v) is 15.2. The molecule has 57 heavy (non-hydrogen) atoms. The fraction of sp³-hybridized carbons (Fsp3) is 0.0980. The van der Waals surface area contributed by atoms with Crippen molar-refractivity contribution < 1.29 is 13.6 Å². The average molecular weight is 738 g/mol. The lowest BCUT2D eigenvalue weighted by Crippen LogP contribution is -2.37. The fourth-order valence-corrected chi connectivity index (χ4v) is 9.05. The molecular weight excluding hydrogens is 703 g/mol. The minimum Gasteiger partial charge on any atom is -0.485 e. The first-order valence-electron chi connectivity index (χ1n) is 19.6. The number of amidine groups is 2. The quantitative estimate of drug-likeness (QED) is 0.191. The molecule has 4 aliphatic rings. The fourth-order valence-electron chi connectivity index (χ4n) is 9.05. The number of aliphatic imine (C=N–C) groups is 2. The lowest BCUT2D eigenvalue weighted by atomic mass is 9.89. The predicted molar refractivity (Wildman–Crippen MR) is 229 cm³/mol. The Bertz CT molecular complexity index is 3140. The third kappa shape index (κ3) is 5.25. The second-order valence-electron chi connectivity index (χ2n) is 15.2. The number of nitrogens with zero attached hydrogens (tertiary/aromatic N) is 2. The molecule has 4 atom stereocenters. The van der Waals surface area contributed by atoms with E-state index in [1.54, 1.807) is 0 Å². The molecule has 6 heteroatoms. The van der Waals surface area contributed by atoms with Crippen molar-refractivity contribution >= 4 is 55.5 Å². The highest BCUT2D eigenvalue weighted by atomic mass is 16.5. The summed E-state index contributed by atoms with van der Waals surface area (Å²) in [7, 11) is 0. The van der Waals surface area contributed by atoms with Gasteiger partial charge in [-0.15, -0.1) is 0 Å². The largest absolute Gasteiger partial charge is 0.485 e. The molecular formula is C51H35N3O3. The maximum absolute atomic E-state index is 6.64. The van der Waals surface area contributed by atoms with Gasteiger partial charge in [-0.1, -0.05) is 127 Å². The van der Waals surface area contributed by atoms with Gasteiger partial charge in [-0.25, -0.2) is 9.98 Å². The normalized spacial score (nSPS) is 20.9. The molecule has 0 amide bonds. The van der Waals surface area contributed by atoms with E-state index in [1.807, 2.05) is 36.4 Å². The highest BCUT2D eigenvalue weighted by Crippen LogP contribution is 2.44. The maximum atomic E-state index is 6.64. The Labute approximate surface area is 328 Å². The molecule has 0 saturated carbocycles. The van der Waals surface area contributed by atoms with Crippen LogP contribution < -0.4 is 10.1 Å². The number of rotatable bonds is 5. The van der Waals surface area contributed by atoms with Crippen molar-refractivity contribution in [3.8, 4) is 16.9 Å². The number of para-hydroxylation sites is 3. The highest BCUT2D eigenvalue weighted by Gasteiger charge is 2.35. The van der Waals surface area contributed by atoms with Gasteiger partial charge >= 0.3 is 0 Å². The molecule has 8 aromatic rings. The monoisotopic (exact) mass is 737 g/mol. The number of furan rings is 2. The van der Waals surface area contributed by atoms with Gasteiger partial charge in [0.25, 0.3) is 0 Å². The Morgan fingerprint density at radius 1 is 0.596 bits per heavy atom. The zero-order valence-electron chi connectivity index (χ0n) is 30.8. The van der Waals surface area contributed by atoms with Crippen molar-refractivity contribution in [1.29, 1.82) is 0 Å². The van der Waals surface area contributed by atoms with Gasteiger partial charge in [0, 0.05) is 50.1 Å². The highest BCUT2D eigenvalue weighted by molar-refractivity contribution is 6.25. The zero-order valence-corrected chi connectivity index (χ0v) is 30.8. The van der Waals surface area contributed by atoms with Crippen molar-refractivity contribution in [3.05, 3.63) is 198 Å². The van der Waals surface area contributed by atoms with Gasteiger partial charge in [0.15, 0.2) is 6.17 Å². The first kappa shape index (κ1) is 32.1. The molecule has 2 aliphatic heterocycles. The Kier molecular flexibility index (Phi) is 7.14. The molecule has 0 saturated heterocycles. The second kappa shape index (κ2) is 12.7. The minimum atomic E-state index is -0.487. The number of hydrogen-bond acceptors (Lipinski definition) is 6. The van der Waals surface area contributed by atoms with Crippen LogP contribution in [-0.4, -0.2) is 17.8 Å². The van der Waals surface area contributed by atoms with E-state index in [1.165, 1.54) is 11.1 Å². The molecule has 272 valence electrons. The smallest absolute Gasteiger partial charge is 0.169 e. The number of allylic oxidation sites excluding steroid dienone is 4. The van der Waals surface area contributed by atoms with Gasteiger partial charge in [0.2, 0.25) is 0 Å². The van der Waals surface area contributed by atoms with Gasteiger partial charge in [0.05, 0.1) is 0 Å². The van der Waals surface area contributed by atoms with Gasteiger partial charge in [-0.2, -0.15) is 0 Å². The molecule has 4 heterocycles. The van der Waals surface area contributed by atoms with E-state index in [2.05, 4.69) is 139 Å². The molecule has 2 aliphatic carbocycles. The topological polar surface area (TPSA) is 72.3 Å². The Hall–Kier alpha value is -7.18. The Morgan fingerprint density at radius 2 is 1.32 bits per heavy atom. The number of hydrogen-bond donors (Lipinski definition) is 1. The summed E-state index contributed by atoms with van der Waals surface area (Å²) in [5.74, 6) is 2.92. The van der Waals surface area contributed by atoms with Crippen LogP contribution in [0.3, 0.4) is 0 Å². The van der Waals surface area contributed by atoms with Gasteiger partial charge in [-0.3, -0.25) is 0 Å². The van der Waals surface area contributed by atoms with E-state index < -0.39 is 6.17 Å². The van der Waals surface area contributed by atoms with Crippen LogP contribution in [0.15, 0.2) is 194 Å². The molecule has 1 N–H and O–H groups in total. The number of ether oxygens (including phenoxy) is 1. The summed E-state index contributed by atoms with van der Waals surface area (Å²) in [5.41, 5.74) is 10.8. The number of fused-ring (bicyclic) bond motifs is 9. The predicted octanol–water partition coefficient (Wildman–Crippen LogP) is 12.2. The zero-order chi connectivity index (χ0) is 37.5. The summed E-state index contributed by atoms with van der Waals surface area (Å²) >= 11 is 0. The van der Waals surface area contributed by atoms with Crippen molar-refractivity contribution in [3.63, 3.8) is 0 Å². The number of nitrogens with one attached hydrogen (secondary N) is 1. The van der Waals surface area contributed by atoms with E-state index >= 15 is 0 Å². The van der Waals surface area contributed by atoms with Crippen molar-refractivity contribution in [2.45, 2.75) is 30.5 Å². The van der Waals surface area contributed by atoms with E-state index in [0.717, 1.165) is 95.5 Å². The first-order chi connectivity index (χ1) is 28.2. The standard InChI is InChI=1S/C51H35N3O3/c1-2-11-30(12-3-1)31-21-23-32(24-22-31)49-52-50(33-25-26-37-36-13-4-7-17-41(36)56-45(37)28-33)54-51(53-49)40-27-34(29-46-48(40)39-15-6-9-19-43(39)57-46)35-16-10-20-44-47(35)38-14-5-8-18-42(38)55-44/h1-11,13-30,37,45,49H,12H2,(H,52,53,54). The summed E-state index contributed by atoms with van der Waals surface area (Å²) in [6.45, 7) is 0. The number of benzene rings is 6. The third-order valence-electron chi connectivity index (χ3n) is 11.8. The van der Waals surface area contributed by atoms with Crippen molar-refractivity contribution in [1.82, 2.24) is 5.32 Å². The lowest BCUT2D eigenvalue weighted by molar-refractivity contribution is 0.268. The molecule has 0 radical (unpaired) electrons. The molecule has 0 fully saturated rings. The van der Waals surface area contributed by atoms with Gasteiger partial charge in [0.1, 0.15) is 45.9 Å². The van der Waals surface area contributed by atoms with Crippen LogP contribution in [0.1, 0.15) is 46.7 Å². The van der Waals surface area contributed by atoms with Crippen LogP contribution in [0.5, 0.6) is 5.75 Å². The van der Waals surface area contributed by atoms with Crippen LogP contribution in [0, 0.1) is 0 Å². The van der Waals surface area contributed by atoms with Crippen LogP contribution in [0.2, 0.25) is 0 Å². The van der Waals surface area contributed by atoms with Gasteiger partial charge < -0.3 is 18.9 Å². The van der Waals surface area contributed by atoms with Crippen molar-refractivity contribution in [2.75, 3.05) is 0 Å². The summed E-state index contributed by atoms with van der Waals surface area (Å²) in [5, 5.41) is 7.91. The minimum absolute atomic E-state index is 0.123. The Balaban J connectivity index is 1.03. The van der Waals surface area contributed by atoms with Crippen LogP contribution in [0.4, 0.5) is 0 Å². The summed E-state index contributed by atoms with van der Waals surface area (Å²) in [6, 6.07) is 44.2. The van der Waals surface area contributed by atoms with Crippen LogP contribution >= 0.6 is 0 Å². The van der Waals surface area contributed by atoms with Gasteiger partial charge in [-0.05, 0) is 71.1 Å². The SMILES string of the molecule is C1=CCC(c2ccc(C3N=C(C4=CC5Oc6ccccc6C5C=C4)NC(c4cc(-c5cccc6oc7ccccc7c56)cc5oc6ccccc6c45)=N3)cc2)C=C1. The summed E-state index contributed by atoms with van der Waals surface area (Å²) < 4.78 is 19.5. The molecule has 6 aromatic carbocycles. The molecule has 0 spiro atoms. The van der Waals surface area contributed by atoms with E-state index in [4.69, 9.17) is 23.6 Å². The molecule has 4 unspecified atom stereocenters. The third-order valence-corrected chi connectivity index (χ3v) is 11.8. The summed E-state index contributed by atoms with van der Waals surface area (Å²) in [4.78, 5) is 10.7. The Morgan fingerprint density at radius 3 is 2.14 bits per heavy atom. The molecule has 2 aromatic heterocycles. The average Bonchev–Trinajstić information content (AvgIpc) is 3.97. The lowest BCUT2D eigenvalue weighted by Gasteiger charge is -2.26. The van der Waals surface area contributed by atoms with E-state index in [0.29, 0.717) is 5.92 Å². The van der Waals surface area contributed by atoms with E-state index in [-0.39, 0.29) is 12.0 Å². The molecule has 0 bridgehead atoms. The molecule has 12 rings (SSSR count). The molecule has 6 nitrogen and oxygen atoms in total. The van der Waals surface area contributed by atoms with Crippen LogP contribution in [0.25, 0.3) is 55.0 Å². The van der Waals surface area contributed by atoms with E-state index in [9.17, 15) is 0 Å². The van der Waals surface area contributed by atoms with Crippen LogP contribution in [-0.2, 0) is 0 Å². The maximum Gasteiger partial charge on any atom is 0.169 e.